The molecular weight excluding hydrogens is 204 g/mol. The highest BCUT2D eigenvalue weighted by atomic mass is 32.2. The summed E-state index contributed by atoms with van der Waals surface area (Å²) < 4.78 is 0. The van der Waals surface area contributed by atoms with Crippen molar-refractivity contribution in [3.05, 3.63) is 24.3 Å². The molecule has 1 aromatic carbocycles. The summed E-state index contributed by atoms with van der Waals surface area (Å²) in [5.41, 5.74) is 7.04. The number of thioether (sulfide) groups is 1. The van der Waals surface area contributed by atoms with E-state index in [2.05, 4.69) is 42.5 Å². The van der Waals surface area contributed by atoms with Gasteiger partial charge in [-0.1, -0.05) is 0 Å². The van der Waals surface area contributed by atoms with E-state index in [-0.39, 0.29) is 5.54 Å². The number of nitrogens with two attached hydrogens (primary N) is 1. The van der Waals surface area contributed by atoms with E-state index < -0.39 is 0 Å². The zero-order valence-corrected chi connectivity index (χ0v) is 10.8. The van der Waals surface area contributed by atoms with Crippen LogP contribution in [0.25, 0.3) is 0 Å². The third-order valence-corrected chi connectivity index (χ3v) is 2.90. The lowest BCUT2D eigenvalue weighted by Crippen LogP contribution is -2.44. The Morgan fingerprint density at radius 1 is 1.27 bits per heavy atom. The average Bonchev–Trinajstić information content (AvgIpc) is 2.15. The zero-order chi connectivity index (χ0) is 11.5. The molecule has 0 heterocycles. The SMILES string of the molecule is CSc1ccc(N(C)CC(C)(C)N)cc1. The summed E-state index contributed by atoms with van der Waals surface area (Å²) in [6.07, 6.45) is 2.09. The fourth-order valence-electron chi connectivity index (χ4n) is 1.54. The maximum absolute atomic E-state index is 5.98. The molecular formula is C12H20N2S. The van der Waals surface area contributed by atoms with Crippen molar-refractivity contribution in [1.82, 2.24) is 0 Å². The summed E-state index contributed by atoms with van der Waals surface area (Å²) in [5.74, 6) is 0. The van der Waals surface area contributed by atoms with Gasteiger partial charge in [0.15, 0.2) is 0 Å². The second-order valence-corrected chi connectivity index (χ2v) is 5.42. The summed E-state index contributed by atoms with van der Waals surface area (Å²) in [6, 6.07) is 8.55. The van der Waals surface area contributed by atoms with E-state index in [1.54, 1.807) is 11.8 Å². The molecule has 3 heteroatoms. The predicted molar refractivity (Wildman–Crippen MR) is 69.8 cm³/mol. The van der Waals surface area contributed by atoms with Crippen LogP contribution in [0.5, 0.6) is 0 Å². The van der Waals surface area contributed by atoms with E-state index in [0.29, 0.717) is 0 Å². The number of hydrogen-bond donors (Lipinski definition) is 1. The molecule has 0 fully saturated rings. The van der Waals surface area contributed by atoms with Crippen LogP contribution in [0.15, 0.2) is 29.2 Å². The first kappa shape index (κ1) is 12.4. The standard InChI is InChI=1S/C12H20N2S/c1-12(2,13)9-14(3)10-5-7-11(15-4)8-6-10/h5-8H,9,13H2,1-4H3. The quantitative estimate of drug-likeness (QED) is 0.797. The molecule has 0 saturated carbocycles. The van der Waals surface area contributed by atoms with Crippen LogP contribution < -0.4 is 10.6 Å². The summed E-state index contributed by atoms with van der Waals surface area (Å²) in [4.78, 5) is 3.48. The van der Waals surface area contributed by atoms with Crippen molar-refractivity contribution >= 4 is 17.4 Å². The molecule has 2 N–H and O–H groups in total. The minimum atomic E-state index is -0.160. The van der Waals surface area contributed by atoms with Gasteiger partial charge in [0.2, 0.25) is 0 Å². The summed E-state index contributed by atoms with van der Waals surface area (Å²) >= 11 is 1.76. The van der Waals surface area contributed by atoms with Gasteiger partial charge in [-0.2, -0.15) is 0 Å². The third kappa shape index (κ3) is 4.14. The van der Waals surface area contributed by atoms with Gasteiger partial charge in [-0.25, -0.2) is 0 Å². The molecule has 0 amide bonds. The number of benzene rings is 1. The summed E-state index contributed by atoms with van der Waals surface area (Å²) in [5, 5.41) is 0. The van der Waals surface area contributed by atoms with E-state index in [1.807, 2.05) is 13.8 Å². The highest BCUT2D eigenvalue weighted by Crippen LogP contribution is 2.20. The molecule has 0 aliphatic carbocycles. The van der Waals surface area contributed by atoms with Crippen LogP contribution in [-0.2, 0) is 0 Å². The lowest BCUT2D eigenvalue weighted by Gasteiger charge is -2.28. The molecule has 0 aliphatic rings. The lowest BCUT2D eigenvalue weighted by molar-refractivity contribution is 0.519. The van der Waals surface area contributed by atoms with Crippen molar-refractivity contribution in [2.24, 2.45) is 5.73 Å². The van der Waals surface area contributed by atoms with E-state index in [4.69, 9.17) is 5.73 Å². The Morgan fingerprint density at radius 3 is 2.20 bits per heavy atom. The predicted octanol–water partition coefficient (Wildman–Crippen LogP) is 2.58. The van der Waals surface area contributed by atoms with Gasteiger partial charge < -0.3 is 10.6 Å². The Kier molecular flexibility index (Phi) is 4.05. The van der Waals surface area contributed by atoms with Crippen LogP contribution >= 0.6 is 11.8 Å². The fourth-order valence-corrected chi connectivity index (χ4v) is 1.95. The Bertz CT molecular complexity index is 300. The van der Waals surface area contributed by atoms with Crippen LogP contribution in [0, 0.1) is 0 Å². The normalized spacial score (nSPS) is 11.5. The maximum Gasteiger partial charge on any atom is 0.0365 e. The van der Waals surface area contributed by atoms with Crippen molar-refractivity contribution in [1.29, 1.82) is 0 Å². The Morgan fingerprint density at radius 2 is 1.80 bits per heavy atom. The van der Waals surface area contributed by atoms with Gasteiger partial charge in [0, 0.05) is 29.7 Å². The lowest BCUT2D eigenvalue weighted by atomic mass is 10.1. The molecule has 0 saturated heterocycles. The molecule has 0 atom stereocenters. The van der Waals surface area contributed by atoms with Gasteiger partial charge in [-0.05, 0) is 44.4 Å². The second-order valence-electron chi connectivity index (χ2n) is 4.54. The summed E-state index contributed by atoms with van der Waals surface area (Å²) in [7, 11) is 2.07. The third-order valence-electron chi connectivity index (χ3n) is 2.16. The zero-order valence-electron chi connectivity index (χ0n) is 9.95. The topological polar surface area (TPSA) is 29.3 Å². The van der Waals surface area contributed by atoms with Crippen molar-refractivity contribution in [3.63, 3.8) is 0 Å². The molecule has 0 radical (unpaired) electrons. The largest absolute Gasteiger partial charge is 0.373 e. The van der Waals surface area contributed by atoms with E-state index in [0.717, 1.165) is 6.54 Å². The molecule has 0 bridgehead atoms. The van der Waals surface area contributed by atoms with Crippen molar-refractivity contribution < 1.29 is 0 Å². The number of rotatable bonds is 4. The molecule has 0 aliphatic heterocycles. The second kappa shape index (κ2) is 4.90. The van der Waals surface area contributed by atoms with Crippen LogP contribution in [0.1, 0.15) is 13.8 Å². The van der Waals surface area contributed by atoms with Gasteiger partial charge in [-0.15, -0.1) is 11.8 Å². The van der Waals surface area contributed by atoms with E-state index >= 15 is 0 Å². The number of nitrogens with zero attached hydrogens (tertiary/aromatic N) is 1. The minimum Gasteiger partial charge on any atom is -0.373 e. The Balaban J connectivity index is 2.70. The van der Waals surface area contributed by atoms with Crippen molar-refractivity contribution in [2.75, 3.05) is 24.7 Å². The first-order chi connectivity index (χ1) is 6.92. The smallest absolute Gasteiger partial charge is 0.0365 e. The Hall–Kier alpha value is -0.670. The first-order valence-electron chi connectivity index (χ1n) is 5.06. The molecule has 0 unspecified atom stereocenters. The van der Waals surface area contributed by atoms with Crippen LogP contribution in [0.4, 0.5) is 5.69 Å². The Labute approximate surface area is 96.8 Å². The highest BCUT2D eigenvalue weighted by Gasteiger charge is 2.13. The number of likely N-dealkylation sites (N-methyl/N-ethyl adjacent to an activating group) is 1. The van der Waals surface area contributed by atoms with Gasteiger partial charge in [0.25, 0.3) is 0 Å². The summed E-state index contributed by atoms with van der Waals surface area (Å²) in [6.45, 7) is 4.94. The van der Waals surface area contributed by atoms with Crippen molar-refractivity contribution in [2.45, 2.75) is 24.3 Å². The van der Waals surface area contributed by atoms with E-state index in [9.17, 15) is 0 Å². The van der Waals surface area contributed by atoms with E-state index in [1.165, 1.54) is 10.6 Å². The maximum atomic E-state index is 5.98. The molecule has 0 aromatic heterocycles. The van der Waals surface area contributed by atoms with Gasteiger partial charge in [-0.3, -0.25) is 0 Å². The van der Waals surface area contributed by atoms with Crippen LogP contribution in [-0.4, -0.2) is 25.4 Å². The van der Waals surface area contributed by atoms with Gasteiger partial charge >= 0.3 is 0 Å². The van der Waals surface area contributed by atoms with Gasteiger partial charge in [0.05, 0.1) is 0 Å². The first-order valence-corrected chi connectivity index (χ1v) is 6.29. The van der Waals surface area contributed by atoms with Crippen LogP contribution in [0.2, 0.25) is 0 Å². The fraction of sp³-hybridized carbons (Fsp3) is 0.500. The number of anilines is 1. The highest BCUT2D eigenvalue weighted by molar-refractivity contribution is 7.98. The monoisotopic (exact) mass is 224 g/mol. The molecule has 15 heavy (non-hydrogen) atoms. The average molecular weight is 224 g/mol. The molecule has 84 valence electrons. The molecule has 2 nitrogen and oxygen atoms in total. The van der Waals surface area contributed by atoms with Crippen molar-refractivity contribution in [3.8, 4) is 0 Å². The molecule has 1 aromatic rings. The van der Waals surface area contributed by atoms with Crippen LogP contribution in [0.3, 0.4) is 0 Å². The molecule has 0 spiro atoms. The minimum absolute atomic E-state index is 0.160. The number of hydrogen-bond acceptors (Lipinski definition) is 3. The molecule has 1 rings (SSSR count). The van der Waals surface area contributed by atoms with Gasteiger partial charge in [0.1, 0.15) is 0 Å².